The van der Waals surface area contributed by atoms with Crippen LogP contribution in [0.15, 0.2) is 11.9 Å². The zero-order chi connectivity index (χ0) is 6.85. The van der Waals surface area contributed by atoms with Crippen LogP contribution in [0.5, 0.6) is 0 Å². The molecule has 1 rings (SSSR count). The fourth-order valence-corrected chi connectivity index (χ4v) is 0.690. The lowest BCUT2D eigenvalue weighted by atomic mass is 10.4. The molecule has 0 saturated heterocycles. The SMILES string of the molecule is CN1C=C([N+](=O)[O-])[CH]C1. The Balaban J connectivity index is 2.62. The first kappa shape index (κ1) is 6.07. The Bertz CT molecular complexity index is 164. The van der Waals surface area contributed by atoms with Gasteiger partial charge in [-0.1, -0.05) is 0 Å². The van der Waals surface area contributed by atoms with Gasteiger partial charge in [0.2, 0.25) is 0 Å². The van der Waals surface area contributed by atoms with Crippen LogP contribution in [0.4, 0.5) is 0 Å². The Morgan fingerprint density at radius 2 is 2.56 bits per heavy atom. The molecule has 49 valence electrons. The lowest BCUT2D eigenvalue weighted by Gasteiger charge is -2.00. The van der Waals surface area contributed by atoms with Gasteiger partial charge in [-0.05, 0) is 0 Å². The van der Waals surface area contributed by atoms with E-state index in [1.807, 2.05) is 0 Å². The molecule has 0 aromatic heterocycles. The predicted octanol–water partition coefficient (Wildman–Crippen LogP) is 0.254. The van der Waals surface area contributed by atoms with Gasteiger partial charge in [-0.15, -0.1) is 0 Å². The molecule has 4 heteroatoms. The van der Waals surface area contributed by atoms with E-state index in [1.54, 1.807) is 18.4 Å². The summed E-state index contributed by atoms with van der Waals surface area (Å²) in [5, 5.41) is 10.0. The third-order valence-corrected chi connectivity index (χ3v) is 1.15. The maximum absolute atomic E-state index is 10.0. The average Bonchev–Trinajstić information content (AvgIpc) is 2.14. The maximum Gasteiger partial charge on any atom is 0.267 e. The molecule has 0 fully saturated rings. The summed E-state index contributed by atoms with van der Waals surface area (Å²) < 4.78 is 0. The smallest absolute Gasteiger partial charge is 0.267 e. The molecule has 0 aromatic carbocycles. The van der Waals surface area contributed by atoms with Gasteiger partial charge in [0.1, 0.15) is 0 Å². The fourth-order valence-electron chi connectivity index (χ4n) is 0.690. The van der Waals surface area contributed by atoms with Crippen LogP contribution in [0, 0.1) is 16.5 Å². The zero-order valence-electron chi connectivity index (χ0n) is 5.07. The number of nitrogens with zero attached hydrogens (tertiary/aromatic N) is 2. The van der Waals surface area contributed by atoms with Crippen LogP contribution in [0.1, 0.15) is 0 Å². The molecule has 0 saturated carbocycles. The molecule has 0 unspecified atom stereocenters. The van der Waals surface area contributed by atoms with Gasteiger partial charge in [-0.2, -0.15) is 0 Å². The van der Waals surface area contributed by atoms with Crippen molar-refractivity contribution in [1.29, 1.82) is 0 Å². The Morgan fingerprint density at radius 1 is 1.89 bits per heavy atom. The second-order valence-corrected chi connectivity index (χ2v) is 1.95. The van der Waals surface area contributed by atoms with Crippen molar-refractivity contribution in [3.63, 3.8) is 0 Å². The van der Waals surface area contributed by atoms with Crippen LogP contribution in [0.2, 0.25) is 0 Å². The van der Waals surface area contributed by atoms with Crippen molar-refractivity contribution in [2.75, 3.05) is 13.6 Å². The minimum atomic E-state index is -0.385. The third kappa shape index (κ3) is 1.19. The van der Waals surface area contributed by atoms with E-state index in [0.717, 1.165) is 0 Å². The third-order valence-electron chi connectivity index (χ3n) is 1.15. The van der Waals surface area contributed by atoms with Gasteiger partial charge in [-0.3, -0.25) is 10.1 Å². The first-order chi connectivity index (χ1) is 4.20. The summed E-state index contributed by atoms with van der Waals surface area (Å²) in [5.41, 5.74) is 0.192. The summed E-state index contributed by atoms with van der Waals surface area (Å²) >= 11 is 0. The molecule has 4 nitrogen and oxygen atoms in total. The van der Waals surface area contributed by atoms with Crippen molar-refractivity contribution in [3.8, 4) is 0 Å². The van der Waals surface area contributed by atoms with Crippen molar-refractivity contribution >= 4 is 0 Å². The van der Waals surface area contributed by atoms with Crippen LogP contribution < -0.4 is 0 Å². The molecule has 1 radical (unpaired) electrons. The van der Waals surface area contributed by atoms with Gasteiger partial charge in [0.05, 0.1) is 17.5 Å². The van der Waals surface area contributed by atoms with Crippen molar-refractivity contribution < 1.29 is 4.92 Å². The van der Waals surface area contributed by atoms with E-state index in [2.05, 4.69) is 0 Å². The highest BCUT2D eigenvalue weighted by molar-refractivity contribution is 5.11. The summed E-state index contributed by atoms with van der Waals surface area (Å²) in [6.45, 7) is 0.649. The molecule has 0 aromatic rings. The van der Waals surface area contributed by atoms with E-state index in [4.69, 9.17) is 0 Å². The minimum absolute atomic E-state index is 0.192. The molecule has 1 aliphatic heterocycles. The Morgan fingerprint density at radius 3 is 2.78 bits per heavy atom. The highest BCUT2D eigenvalue weighted by Crippen LogP contribution is 2.10. The zero-order valence-corrected chi connectivity index (χ0v) is 5.07. The van der Waals surface area contributed by atoms with Crippen molar-refractivity contribution in [2.24, 2.45) is 0 Å². The van der Waals surface area contributed by atoms with Crippen LogP contribution >= 0.6 is 0 Å². The number of nitro groups is 1. The predicted molar refractivity (Wildman–Crippen MR) is 32.0 cm³/mol. The maximum atomic E-state index is 10.0. The standard InChI is InChI=1S/C5H7N2O2/c1-6-3-2-5(4-6)7(8)9/h2,4H,3H2,1H3. The second kappa shape index (κ2) is 2.05. The first-order valence-electron chi connectivity index (χ1n) is 2.60. The molecule has 0 atom stereocenters. The molecule has 1 aliphatic rings. The van der Waals surface area contributed by atoms with E-state index in [-0.39, 0.29) is 10.6 Å². The highest BCUT2D eigenvalue weighted by Gasteiger charge is 2.18. The molecule has 0 aliphatic carbocycles. The number of rotatable bonds is 1. The van der Waals surface area contributed by atoms with Crippen molar-refractivity contribution in [1.82, 2.24) is 4.90 Å². The molecule has 0 N–H and O–H groups in total. The van der Waals surface area contributed by atoms with Crippen LogP contribution in [-0.2, 0) is 0 Å². The average molecular weight is 127 g/mol. The van der Waals surface area contributed by atoms with Crippen LogP contribution in [0.25, 0.3) is 0 Å². The van der Waals surface area contributed by atoms with Gasteiger partial charge < -0.3 is 4.90 Å². The highest BCUT2D eigenvalue weighted by atomic mass is 16.6. The molecular weight excluding hydrogens is 120 g/mol. The summed E-state index contributed by atoms with van der Waals surface area (Å²) in [7, 11) is 1.80. The van der Waals surface area contributed by atoms with Gasteiger partial charge in [-0.25, -0.2) is 0 Å². The van der Waals surface area contributed by atoms with Crippen LogP contribution in [-0.4, -0.2) is 23.4 Å². The molecule has 0 amide bonds. The van der Waals surface area contributed by atoms with E-state index in [0.29, 0.717) is 6.54 Å². The molecule has 1 heterocycles. The summed E-state index contributed by atoms with van der Waals surface area (Å²) in [4.78, 5) is 11.4. The number of hydrogen-bond acceptors (Lipinski definition) is 3. The largest absolute Gasteiger partial charge is 0.374 e. The number of hydrogen-bond donors (Lipinski definition) is 0. The molecule has 9 heavy (non-hydrogen) atoms. The van der Waals surface area contributed by atoms with E-state index >= 15 is 0 Å². The summed E-state index contributed by atoms with van der Waals surface area (Å²) in [6.07, 6.45) is 3.10. The van der Waals surface area contributed by atoms with E-state index in [9.17, 15) is 10.1 Å². The quantitative estimate of drug-likeness (QED) is 0.375. The monoisotopic (exact) mass is 127 g/mol. The molecule has 0 spiro atoms. The Labute approximate surface area is 52.9 Å². The topological polar surface area (TPSA) is 46.4 Å². The fraction of sp³-hybridized carbons (Fsp3) is 0.400. The van der Waals surface area contributed by atoms with E-state index < -0.39 is 0 Å². The van der Waals surface area contributed by atoms with Gasteiger partial charge >= 0.3 is 0 Å². The van der Waals surface area contributed by atoms with Gasteiger partial charge in [0, 0.05) is 13.6 Å². The minimum Gasteiger partial charge on any atom is -0.374 e. The summed E-state index contributed by atoms with van der Waals surface area (Å²) in [5.74, 6) is 0. The molecular formula is C5H7N2O2. The lowest BCUT2D eigenvalue weighted by Crippen LogP contribution is -2.04. The summed E-state index contributed by atoms with van der Waals surface area (Å²) in [6, 6.07) is 0. The van der Waals surface area contributed by atoms with Crippen LogP contribution in [0.3, 0.4) is 0 Å². The lowest BCUT2D eigenvalue weighted by molar-refractivity contribution is -0.421. The van der Waals surface area contributed by atoms with E-state index in [1.165, 1.54) is 6.20 Å². The van der Waals surface area contributed by atoms with Crippen molar-refractivity contribution in [2.45, 2.75) is 0 Å². The van der Waals surface area contributed by atoms with Gasteiger partial charge in [0.15, 0.2) is 0 Å². The Hall–Kier alpha value is -1.06. The Kier molecular flexibility index (Phi) is 1.38. The molecule has 0 bridgehead atoms. The van der Waals surface area contributed by atoms with Crippen molar-refractivity contribution in [3.05, 3.63) is 28.4 Å². The first-order valence-corrected chi connectivity index (χ1v) is 2.60. The normalized spacial score (nSPS) is 17.9. The van der Waals surface area contributed by atoms with Gasteiger partial charge in [0.25, 0.3) is 5.70 Å². The second-order valence-electron chi connectivity index (χ2n) is 1.95.